The molecule has 9 heavy (non-hydrogen) atoms. The number of hydrogen-bond donors (Lipinski definition) is 2. The molecule has 0 atom stereocenters. The highest BCUT2D eigenvalue weighted by molar-refractivity contribution is 6.28. The van der Waals surface area contributed by atoms with Crippen LogP contribution in [0.15, 0.2) is 0 Å². The molecule has 0 aliphatic rings. The number of hydrazine groups is 1. The van der Waals surface area contributed by atoms with Crippen LogP contribution in [0.4, 0.5) is 0 Å². The molecule has 0 saturated heterocycles. The summed E-state index contributed by atoms with van der Waals surface area (Å²) >= 11 is 5.19. The molecule has 0 aromatic heterocycles. The lowest BCUT2D eigenvalue weighted by Crippen LogP contribution is -2.41. The summed E-state index contributed by atoms with van der Waals surface area (Å²) < 4.78 is 0. The smallest absolute Gasteiger partial charge is 0.239 e. The zero-order valence-corrected chi connectivity index (χ0v) is 5.77. The van der Waals surface area contributed by atoms with E-state index >= 15 is 0 Å². The number of carbonyl (C=O) groups excluding carboxylic acids is 1. The van der Waals surface area contributed by atoms with Crippen molar-refractivity contribution in [3.05, 3.63) is 0 Å². The normalized spacial score (nSPS) is 8.78. The Balaban J connectivity index is 3.88. The summed E-state index contributed by atoms with van der Waals surface area (Å²) in [5.74, 6) is 4.52. The van der Waals surface area contributed by atoms with Crippen LogP contribution in [0.2, 0.25) is 0 Å². The Morgan fingerprint density at radius 1 is 1.89 bits per heavy atom. The molecule has 0 unspecified atom stereocenters. The highest BCUT2D eigenvalue weighted by Gasteiger charge is 2.06. The average Bonchev–Trinajstić information content (AvgIpc) is 1.84. The maximum absolute atomic E-state index is 10.3. The van der Waals surface area contributed by atoms with Crippen molar-refractivity contribution in [3.63, 3.8) is 0 Å². The molecule has 5 heteroatoms. The van der Waals surface area contributed by atoms with E-state index in [2.05, 4.69) is 0 Å². The zero-order valence-electron chi connectivity index (χ0n) is 5.02. The van der Waals surface area contributed by atoms with Crippen molar-refractivity contribution in [3.8, 4) is 0 Å². The van der Waals surface area contributed by atoms with Crippen molar-refractivity contribution in [2.75, 3.05) is 5.88 Å². The van der Waals surface area contributed by atoms with E-state index in [9.17, 15) is 4.79 Å². The molecule has 0 fully saturated rings. The number of carbonyl (C=O) groups is 1. The molecule has 0 radical (unpaired) electrons. The molecular weight excluding hydrogens is 142 g/mol. The summed E-state index contributed by atoms with van der Waals surface area (Å²) in [6.45, 7) is 1.26. The van der Waals surface area contributed by atoms with Crippen LogP contribution in [0.1, 0.15) is 6.92 Å². The summed E-state index contributed by atoms with van der Waals surface area (Å²) in [5, 5.41) is 7.62. The minimum Gasteiger partial charge on any atom is -0.286 e. The summed E-state index contributed by atoms with van der Waals surface area (Å²) in [6, 6.07) is 0. The van der Waals surface area contributed by atoms with Crippen LogP contribution < -0.4 is 5.84 Å². The number of nitrogens with zero attached hydrogens (tertiary/aromatic N) is 1. The molecule has 1 amide bonds. The topological polar surface area (TPSA) is 70.2 Å². The second-order valence-electron chi connectivity index (χ2n) is 1.47. The SMILES string of the molecule is CC(=O)N(N)C(=N)CCl. The average molecular weight is 150 g/mol. The number of rotatable bonds is 1. The van der Waals surface area contributed by atoms with Gasteiger partial charge < -0.3 is 0 Å². The predicted molar refractivity (Wildman–Crippen MR) is 35.2 cm³/mol. The molecular formula is C4H8ClN3O. The zero-order chi connectivity index (χ0) is 7.44. The van der Waals surface area contributed by atoms with Crippen LogP contribution in [-0.4, -0.2) is 22.6 Å². The summed E-state index contributed by atoms with van der Waals surface area (Å²) in [4.78, 5) is 10.3. The van der Waals surface area contributed by atoms with Gasteiger partial charge in [0, 0.05) is 6.92 Å². The first-order valence-corrected chi connectivity index (χ1v) is 2.81. The van der Waals surface area contributed by atoms with E-state index in [1.807, 2.05) is 0 Å². The van der Waals surface area contributed by atoms with E-state index in [-0.39, 0.29) is 17.6 Å². The van der Waals surface area contributed by atoms with E-state index in [1.165, 1.54) is 6.92 Å². The number of amides is 1. The first kappa shape index (κ1) is 8.39. The van der Waals surface area contributed by atoms with Crippen LogP contribution >= 0.6 is 11.6 Å². The molecule has 0 aliphatic heterocycles. The fourth-order valence-electron chi connectivity index (χ4n) is 0.254. The van der Waals surface area contributed by atoms with Crippen molar-refractivity contribution in [1.29, 1.82) is 5.41 Å². The predicted octanol–water partition coefficient (Wildman–Crippen LogP) is -0.0753. The molecule has 3 N–H and O–H groups in total. The van der Waals surface area contributed by atoms with E-state index < -0.39 is 0 Å². The van der Waals surface area contributed by atoms with Gasteiger partial charge >= 0.3 is 0 Å². The van der Waals surface area contributed by atoms with Crippen LogP contribution in [0.5, 0.6) is 0 Å². The third-order valence-corrected chi connectivity index (χ3v) is 1.01. The third-order valence-electron chi connectivity index (χ3n) is 0.757. The van der Waals surface area contributed by atoms with Gasteiger partial charge in [-0.05, 0) is 0 Å². The molecule has 0 bridgehead atoms. The molecule has 0 spiro atoms. The highest BCUT2D eigenvalue weighted by Crippen LogP contribution is 1.84. The number of hydrogen-bond acceptors (Lipinski definition) is 3. The van der Waals surface area contributed by atoms with Gasteiger partial charge in [0.25, 0.3) is 0 Å². The molecule has 52 valence electrons. The lowest BCUT2D eigenvalue weighted by Gasteiger charge is -2.11. The molecule has 0 aromatic rings. The van der Waals surface area contributed by atoms with Gasteiger partial charge in [-0.2, -0.15) is 0 Å². The number of nitrogens with one attached hydrogen (secondary N) is 1. The number of alkyl halides is 1. The Morgan fingerprint density at radius 3 is 2.44 bits per heavy atom. The number of nitrogens with two attached hydrogens (primary N) is 1. The molecule has 0 heterocycles. The van der Waals surface area contributed by atoms with Crippen molar-refractivity contribution < 1.29 is 4.79 Å². The van der Waals surface area contributed by atoms with Gasteiger partial charge in [0.05, 0.1) is 5.88 Å². The quantitative estimate of drug-likeness (QED) is 0.137. The van der Waals surface area contributed by atoms with Gasteiger partial charge in [-0.3, -0.25) is 10.2 Å². The minimum atomic E-state index is -0.388. The molecule has 0 saturated carbocycles. The standard InChI is InChI=1S/C4H8ClN3O/c1-3(9)8(7)4(6)2-5/h6H,2,7H2,1H3. The van der Waals surface area contributed by atoms with E-state index in [4.69, 9.17) is 22.9 Å². The van der Waals surface area contributed by atoms with Crippen LogP contribution in [0.25, 0.3) is 0 Å². The molecule has 0 aliphatic carbocycles. The number of amidine groups is 1. The molecule has 0 rings (SSSR count). The maximum Gasteiger partial charge on any atom is 0.239 e. The minimum absolute atomic E-state index is 0.0456. The Morgan fingerprint density at radius 2 is 2.33 bits per heavy atom. The van der Waals surface area contributed by atoms with Crippen molar-refractivity contribution in [2.45, 2.75) is 6.92 Å². The van der Waals surface area contributed by atoms with Gasteiger partial charge in [0.1, 0.15) is 5.84 Å². The summed E-state index contributed by atoms with van der Waals surface area (Å²) in [5.41, 5.74) is 0. The first-order valence-electron chi connectivity index (χ1n) is 2.28. The Kier molecular flexibility index (Phi) is 3.19. The van der Waals surface area contributed by atoms with Gasteiger partial charge in [-0.15, -0.1) is 11.6 Å². The molecule has 4 nitrogen and oxygen atoms in total. The van der Waals surface area contributed by atoms with E-state index in [1.54, 1.807) is 0 Å². The van der Waals surface area contributed by atoms with Crippen molar-refractivity contribution in [1.82, 2.24) is 5.01 Å². The first-order chi connectivity index (χ1) is 4.09. The van der Waals surface area contributed by atoms with Crippen molar-refractivity contribution >= 4 is 23.3 Å². The largest absolute Gasteiger partial charge is 0.286 e. The Hall–Kier alpha value is -0.610. The lowest BCUT2D eigenvalue weighted by atomic mass is 10.6. The Bertz CT molecular complexity index is 136. The summed E-state index contributed by atoms with van der Waals surface area (Å²) in [6.07, 6.45) is 0. The van der Waals surface area contributed by atoms with Crippen LogP contribution in [-0.2, 0) is 4.79 Å². The summed E-state index contributed by atoms with van der Waals surface area (Å²) in [7, 11) is 0. The Labute approximate surface area is 58.1 Å². The monoisotopic (exact) mass is 149 g/mol. The second kappa shape index (κ2) is 3.42. The van der Waals surface area contributed by atoms with Gasteiger partial charge in [-0.1, -0.05) is 0 Å². The lowest BCUT2D eigenvalue weighted by molar-refractivity contribution is -0.125. The second-order valence-corrected chi connectivity index (χ2v) is 1.74. The maximum atomic E-state index is 10.3. The van der Waals surface area contributed by atoms with Gasteiger partial charge in [-0.25, -0.2) is 10.9 Å². The van der Waals surface area contributed by atoms with Crippen molar-refractivity contribution in [2.24, 2.45) is 5.84 Å². The highest BCUT2D eigenvalue weighted by atomic mass is 35.5. The van der Waals surface area contributed by atoms with Gasteiger partial charge in [0.15, 0.2) is 0 Å². The molecule has 0 aromatic carbocycles. The van der Waals surface area contributed by atoms with Crippen LogP contribution in [0, 0.1) is 5.41 Å². The fourth-order valence-corrected chi connectivity index (χ4v) is 0.383. The van der Waals surface area contributed by atoms with E-state index in [0.717, 1.165) is 0 Å². The van der Waals surface area contributed by atoms with E-state index in [0.29, 0.717) is 5.01 Å². The van der Waals surface area contributed by atoms with Crippen LogP contribution in [0.3, 0.4) is 0 Å². The number of halogens is 1. The van der Waals surface area contributed by atoms with Gasteiger partial charge in [0.2, 0.25) is 5.91 Å². The fraction of sp³-hybridized carbons (Fsp3) is 0.500. The third kappa shape index (κ3) is 2.43.